The molecule has 2 fully saturated rings. The van der Waals surface area contributed by atoms with E-state index < -0.39 is 0 Å². The summed E-state index contributed by atoms with van der Waals surface area (Å²) in [6.45, 7) is 9.18. The Hall–Kier alpha value is -2.16. The van der Waals surface area contributed by atoms with Crippen LogP contribution in [0.5, 0.6) is 5.75 Å². The first kappa shape index (κ1) is 28.4. The van der Waals surface area contributed by atoms with Crippen LogP contribution in [0.25, 0.3) is 0 Å². The first-order valence-corrected chi connectivity index (χ1v) is 13.4. The fourth-order valence-corrected chi connectivity index (χ4v) is 4.91. The van der Waals surface area contributed by atoms with Crippen LogP contribution in [0.1, 0.15) is 51.5 Å². The molecule has 8 nitrogen and oxygen atoms in total. The summed E-state index contributed by atoms with van der Waals surface area (Å²) < 4.78 is 16.4. The molecule has 1 saturated carbocycles. The molecule has 2 amide bonds. The Morgan fingerprint density at radius 2 is 1.86 bits per heavy atom. The van der Waals surface area contributed by atoms with Crippen LogP contribution in [-0.4, -0.2) is 71.0 Å². The highest BCUT2D eigenvalue weighted by Gasteiger charge is 2.40. The second kappa shape index (κ2) is 14.0. The first-order valence-electron chi connectivity index (χ1n) is 13.4. The van der Waals surface area contributed by atoms with E-state index in [-0.39, 0.29) is 35.7 Å². The van der Waals surface area contributed by atoms with Gasteiger partial charge in [0.1, 0.15) is 5.75 Å². The molecule has 1 heterocycles. The van der Waals surface area contributed by atoms with E-state index in [2.05, 4.69) is 24.5 Å². The number of benzene rings is 1. The van der Waals surface area contributed by atoms with Crippen LogP contribution < -0.4 is 20.3 Å². The maximum atomic E-state index is 13.8. The maximum absolute atomic E-state index is 13.8. The van der Waals surface area contributed by atoms with E-state index in [1.54, 1.807) is 14.2 Å². The Kier molecular flexibility index (Phi) is 11.0. The van der Waals surface area contributed by atoms with E-state index in [9.17, 15) is 9.59 Å². The fourth-order valence-electron chi connectivity index (χ4n) is 4.91. The summed E-state index contributed by atoms with van der Waals surface area (Å²) in [6.07, 6.45) is 4.23. The van der Waals surface area contributed by atoms with Crippen molar-refractivity contribution in [1.29, 1.82) is 0 Å². The van der Waals surface area contributed by atoms with Gasteiger partial charge in [-0.25, -0.2) is 0 Å². The zero-order valence-electron chi connectivity index (χ0n) is 22.7. The molecule has 0 unspecified atom stereocenters. The molecule has 0 bridgehead atoms. The number of hydrogen-bond acceptors (Lipinski definition) is 6. The van der Waals surface area contributed by atoms with Crippen molar-refractivity contribution in [2.45, 2.75) is 65.0 Å². The number of methoxy groups -OCH3 is 2. The molecule has 0 spiro atoms. The molecule has 1 aliphatic carbocycles. The number of hydrogen-bond donors (Lipinski definition) is 2. The van der Waals surface area contributed by atoms with Gasteiger partial charge in [0.15, 0.2) is 0 Å². The number of piperidine rings is 1. The molecule has 2 aliphatic rings. The van der Waals surface area contributed by atoms with Gasteiger partial charge in [-0.15, -0.1) is 0 Å². The number of nitrogens with one attached hydrogen (secondary N) is 2. The van der Waals surface area contributed by atoms with Crippen LogP contribution in [0.2, 0.25) is 0 Å². The third-order valence-corrected chi connectivity index (χ3v) is 6.89. The molecule has 1 saturated heterocycles. The molecule has 202 valence electrons. The summed E-state index contributed by atoms with van der Waals surface area (Å²) in [5, 5.41) is 6.51. The molecule has 2 N–H and O–H groups in total. The Bertz CT molecular complexity index is 858. The lowest BCUT2D eigenvalue weighted by molar-refractivity contribution is -0.129. The van der Waals surface area contributed by atoms with Gasteiger partial charge in [0.2, 0.25) is 11.8 Å². The van der Waals surface area contributed by atoms with Crippen molar-refractivity contribution in [2.24, 2.45) is 17.8 Å². The molecule has 3 atom stereocenters. The molecular weight excluding hydrogens is 458 g/mol. The highest BCUT2D eigenvalue weighted by atomic mass is 16.5. The zero-order valence-corrected chi connectivity index (χ0v) is 22.7. The summed E-state index contributed by atoms with van der Waals surface area (Å²) in [5.74, 6) is 0.872. The van der Waals surface area contributed by atoms with E-state index in [0.29, 0.717) is 45.2 Å². The van der Waals surface area contributed by atoms with Crippen molar-refractivity contribution in [1.82, 2.24) is 10.6 Å². The molecule has 8 heteroatoms. The number of rotatable bonds is 14. The molecule has 3 rings (SSSR count). The number of carbonyl (C=O) groups excluding carboxylic acids is 2. The van der Waals surface area contributed by atoms with E-state index in [0.717, 1.165) is 42.7 Å². The number of anilines is 1. The average molecular weight is 504 g/mol. The topological polar surface area (TPSA) is 89.1 Å². The number of nitrogens with zero attached hydrogens (tertiary/aromatic N) is 1. The van der Waals surface area contributed by atoms with E-state index in [4.69, 9.17) is 14.2 Å². The molecule has 36 heavy (non-hydrogen) atoms. The van der Waals surface area contributed by atoms with Crippen molar-refractivity contribution in [3.05, 3.63) is 23.8 Å². The summed E-state index contributed by atoms with van der Waals surface area (Å²) in [7, 11) is 3.34. The highest BCUT2D eigenvalue weighted by molar-refractivity contribution is 5.97. The SMILES string of the molecule is COCCCOc1cc(N(C(=O)[C@H]2CNC[C@@H](C(=O)N[C@@H](COC)CC(C)C)C2)C2CC2)ccc1C. The van der Waals surface area contributed by atoms with Gasteiger partial charge in [0.05, 0.1) is 31.1 Å². The standard InChI is InChI=1S/C28H45N3O5/c1-19(2)13-23(18-35-5)30-27(32)21-14-22(17-29-16-21)28(33)31(24-9-10-24)25-8-7-20(3)26(15-25)36-12-6-11-34-4/h7-8,15,19,21-24,29H,6,9-14,16-18H2,1-5H3,(H,30,32)/t21-,22+,23+/m0/s1. The number of amides is 2. The van der Waals surface area contributed by atoms with Gasteiger partial charge < -0.3 is 29.7 Å². The smallest absolute Gasteiger partial charge is 0.231 e. The van der Waals surface area contributed by atoms with Crippen molar-refractivity contribution in [3.63, 3.8) is 0 Å². The lowest BCUT2D eigenvalue weighted by Gasteiger charge is -2.34. The Labute approximate surface area is 216 Å². The molecule has 1 aromatic carbocycles. The van der Waals surface area contributed by atoms with Crippen molar-refractivity contribution in [2.75, 3.05) is 52.0 Å². The summed E-state index contributed by atoms with van der Waals surface area (Å²) in [6, 6.07) is 6.21. The minimum absolute atomic E-state index is 0.00255. The fraction of sp³-hybridized carbons (Fsp3) is 0.714. The van der Waals surface area contributed by atoms with Crippen LogP contribution in [-0.2, 0) is 19.1 Å². The van der Waals surface area contributed by atoms with Gasteiger partial charge in [-0.2, -0.15) is 0 Å². The number of carbonyl (C=O) groups is 2. The van der Waals surface area contributed by atoms with E-state index in [1.807, 2.05) is 30.0 Å². The van der Waals surface area contributed by atoms with Gasteiger partial charge in [-0.05, 0) is 50.2 Å². The quantitative estimate of drug-likeness (QED) is 0.379. The van der Waals surface area contributed by atoms with Crippen molar-refractivity contribution in [3.8, 4) is 5.75 Å². The van der Waals surface area contributed by atoms with Gasteiger partial charge in [-0.1, -0.05) is 19.9 Å². The highest BCUT2D eigenvalue weighted by Crippen LogP contribution is 2.36. The second-order valence-corrected chi connectivity index (χ2v) is 10.7. The normalized spacial score (nSPS) is 20.7. The summed E-state index contributed by atoms with van der Waals surface area (Å²) in [5.41, 5.74) is 1.92. The molecular formula is C28H45N3O5. The first-order chi connectivity index (χ1) is 17.3. The van der Waals surface area contributed by atoms with Crippen LogP contribution in [0.3, 0.4) is 0 Å². The van der Waals surface area contributed by atoms with Gasteiger partial charge >= 0.3 is 0 Å². The minimum Gasteiger partial charge on any atom is -0.493 e. The summed E-state index contributed by atoms with van der Waals surface area (Å²) >= 11 is 0. The largest absolute Gasteiger partial charge is 0.493 e. The van der Waals surface area contributed by atoms with Crippen LogP contribution in [0, 0.1) is 24.7 Å². The molecule has 0 radical (unpaired) electrons. The van der Waals surface area contributed by atoms with Crippen LogP contribution in [0.15, 0.2) is 18.2 Å². The Morgan fingerprint density at radius 1 is 1.11 bits per heavy atom. The lowest BCUT2D eigenvalue weighted by atomic mass is 9.88. The zero-order chi connectivity index (χ0) is 26.1. The maximum Gasteiger partial charge on any atom is 0.231 e. The van der Waals surface area contributed by atoms with Gasteiger partial charge in [0, 0.05) is 58.1 Å². The van der Waals surface area contributed by atoms with Crippen molar-refractivity contribution >= 4 is 17.5 Å². The lowest BCUT2D eigenvalue weighted by Crippen LogP contribution is -2.51. The Balaban J connectivity index is 1.67. The van der Waals surface area contributed by atoms with Crippen LogP contribution >= 0.6 is 0 Å². The predicted octanol–water partition coefficient (Wildman–Crippen LogP) is 3.31. The van der Waals surface area contributed by atoms with Gasteiger partial charge in [0.25, 0.3) is 0 Å². The minimum atomic E-state index is -0.242. The molecule has 0 aromatic heterocycles. The number of aryl methyl sites for hydroxylation is 1. The monoisotopic (exact) mass is 503 g/mol. The van der Waals surface area contributed by atoms with E-state index in [1.165, 1.54) is 0 Å². The van der Waals surface area contributed by atoms with Crippen LogP contribution in [0.4, 0.5) is 5.69 Å². The molecule has 1 aromatic rings. The van der Waals surface area contributed by atoms with Gasteiger partial charge in [-0.3, -0.25) is 9.59 Å². The molecule has 1 aliphatic heterocycles. The third-order valence-electron chi connectivity index (χ3n) is 6.89. The average Bonchev–Trinajstić information content (AvgIpc) is 3.68. The second-order valence-electron chi connectivity index (χ2n) is 10.7. The number of ether oxygens (including phenoxy) is 3. The predicted molar refractivity (Wildman–Crippen MR) is 141 cm³/mol. The van der Waals surface area contributed by atoms with Crippen molar-refractivity contribution < 1.29 is 23.8 Å². The Morgan fingerprint density at radius 3 is 2.53 bits per heavy atom. The third kappa shape index (κ3) is 8.18. The van der Waals surface area contributed by atoms with E-state index >= 15 is 0 Å². The summed E-state index contributed by atoms with van der Waals surface area (Å²) in [4.78, 5) is 28.8.